The fraction of sp³-hybridized carbons (Fsp3) is 0.294. The average molecular weight is 325 g/mol. The van der Waals surface area contributed by atoms with Crippen LogP contribution < -0.4 is 5.32 Å². The highest BCUT2D eigenvalue weighted by molar-refractivity contribution is 5.80. The number of nitrogens with zero attached hydrogens (tertiary/aromatic N) is 4. The van der Waals surface area contributed by atoms with Crippen LogP contribution in [0.3, 0.4) is 0 Å². The molecule has 1 N–H and O–H groups in total. The molecule has 0 aliphatic heterocycles. The SMILES string of the molecule is CC(C)C(C(=O)NCc1ccco1)n1nnc(-c2ccccc2)n1. The van der Waals surface area contributed by atoms with Crippen LogP contribution in [0.1, 0.15) is 25.6 Å². The maximum Gasteiger partial charge on any atom is 0.247 e. The van der Waals surface area contributed by atoms with Gasteiger partial charge in [-0.05, 0) is 23.3 Å². The zero-order chi connectivity index (χ0) is 16.9. The largest absolute Gasteiger partial charge is 0.467 e. The second-order valence-corrected chi connectivity index (χ2v) is 5.79. The van der Waals surface area contributed by atoms with Gasteiger partial charge < -0.3 is 9.73 Å². The van der Waals surface area contributed by atoms with Crippen molar-refractivity contribution in [3.8, 4) is 11.4 Å². The van der Waals surface area contributed by atoms with E-state index in [1.54, 1.807) is 12.3 Å². The van der Waals surface area contributed by atoms with Crippen molar-refractivity contribution >= 4 is 5.91 Å². The second-order valence-electron chi connectivity index (χ2n) is 5.79. The van der Waals surface area contributed by atoms with Crippen LogP contribution in [0.5, 0.6) is 0 Å². The van der Waals surface area contributed by atoms with Gasteiger partial charge in [-0.1, -0.05) is 44.2 Å². The van der Waals surface area contributed by atoms with Gasteiger partial charge in [-0.25, -0.2) is 0 Å². The van der Waals surface area contributed by atoms with Gasteiger partial charge in [0.1, 0.15) is 5.76 Å². The number of hydrogen-bond acceptors (Lipinski definition) is 5. The molecule has 1 atom stereocenters. The van der Waals surface area contributed by atoms with Gasteiger partial charge in [-0.3, -0.25) is 4.79 Å². The van der Waals surface area contributed by atoms with Crippen molar-refractivity contribution in [1.29, 1.82) is 0 Å². The predicted molar refractivity (Wildman–Crippen MR) is 87.7 cm³/mol. The Bertz CT molecular complexity index is 780. The first-order valence-corrected chi connectivity index (χ1v) is 7.80. The normalized spacial score (nSPS) is 12.3. The lowest BCUT2D eigenvalue weighted by atomic mass is 10.0. The molecule has 7 nitrogen and oxygen atoms in total. The minimum absolute atomic E-state index is 0.0134. The van der Waals surface area contributed by atoms with E-state index in [-0.39, 0.29) is 11.8 Å². The molecule has 0 aliphatic rings. The summed E-state index contributed by atoms with van der Waals surface area (Å²) in [6.07, 6.45) is 1.58. The Hall–Kier alpha value is -2.96. The van der Waals surface area contributed by atoms with Crippen LogP contribution in [0.4, 0.5) is 0 Å². The van der Waals surface area contributed by atoms with Crippen molar-refractivity contribution in [3.05, 3.63) is 54.5 Å². The number of tetrazole rings is 1. The van der Waals surface area contributed by atoms with E-state index in [2.05, 4.69) is 20.7 Å². The van der Waals surface area contributed by atoms with E-state index in [1.807, 2.05) is 50.2 Å². The molecule has 1 unspecified atom stereocenters. The smallest absolute Gasteiger partial charge is 0.247 e. The third kappa shape index (κ3) is 3.51. The molecule has 3 aromatic rings. The molecule has 0 spiro atoms. The fourth-order valence-electron chi connectivity index (χ4n) is 2.41. The topological polar surface area (TPSA) is 85.8 Å². The molecular weight excluding hydrogens is 306 g/mol. The van der Waals surface area contributed by atoms with Crippen LogP contribution in [0.2, 0.25) is 0 Å². The van der Waals surface area contributed by atoms with Crippen LogP contribution in [-0.4, -0.2) is 26.1 Å². The number of benzene rings is 1. The molecule has 0 fully saturated rings. The van der Waals surface area contributed by atoms with E-state index in [0.717, 1.165) is 5.56 Å². The van der Waals surface area contributed by atoms with Crippen molar-refractivity contribution < 1.29 is 9.21 Å². The van der Waals surface area contributed by atoms with Gasteiger partial charge in [0.05, 0.1) is 12.8 Å². The number of carbonyl (C=O) groups is 1. The summed E-state index contributed by atoms with van der Waals surface area (Å²) in [6.45, 7) is 4.22. The molecule has 124 valence electrons. The molecule has 2 heterocycles. The van der Waals surface area contributed by atoms with Gasteiger partial charge >= 0.3 is 0 Å². The summed E-state index contributed by atoms with van der Waals surface area (Å²) >= 11 is 0. The lowest BCUT2D eigenvalue weighted by Gasteiger charge is -2.18. The minimum Gasteiger partial charge on any atom is -0.467 e. The van der Waals surface area contributed by atoms with Crippen LogP contribution in [0, 0.1) is 5.92 Å². The summed E-state index contributed by atoms with van der Waals surface area (Å²) in [5.74, 6) is 1.04. The van der Waals surface area contributed by atoms with E-state index in [0.29, 0.717) is 18.1 Å². The summed E-state index contributed by atoms with van der Waals surface area (Å²) in [4.78, 5) is 13.9. The van der Waals surface area contributed by atoms with Crippen molar-refractivity contribution in [2.45, 2.75) is 26.4 Å². The summed E-state index contributed by atoms with van der Waals surface area (Å²) in [5.41, 5.74) is 0.863. The Morgan fingerprint density at radius 3 is 2.67 bits per heavy atom. The van der Waals surface area contributed by atoms with Gasteiger partial charge in [0.2, 0.25) is 11.7 Å². The molecule has 7 heteroatoms. The molecule has 0 aliphatic carbocycles. The number of carbonyl (C=O) groups excluding carboxylic acids is 1. The van der Waals surface area contributed by atoms with Gasteiger partial charge in [-0.2, -0.15) is 4.80 Å². The lowest BCUT2D eigenvalue weighted by Crippen LogP contribution is -2.36. The lowest BCUT2D eigenvalue weighted by molar-refractivity contribution is -0.126. The zero-order valence-corrected chi connectivity index (χ0v) is 13.6. The van der Waals surface area contributed by atoms with Crippen molar-refractivity contribution in [3.63, 3.8) is 0 Å². The second kappa shape index (κ2) is 7.08. The standard InChI is InChI=1S/C17H19N5O2/c1-12(2)15(17(23)18-11-14-9-6-10-24-14)22-20-16(19-21-22)13-7-4-3-5-8-13/h3-10,12,15H,11H2,1-2H3,(H,18,23). The predicted octanol–water partition coefficient (Wildman–Crippen LogP) is 2.45. The number of hydrogen-bond donors (Lipinski definition) is 1. The molecule has 0 bridgehead atoms. The Morgan fingerprint density at radius 1 is 1.21 bits per heavy atom. The molecule has 1 aromatic carbocycles. The van der Waals surface area contributed by atoms with Crippen molar-refractivity contribution in [1.82, 2.24) is 25.5 Å². The number of aromatic nitrogens is 4. The molecule has 24 heavy (non-hydrogen) atoms. The van der Waals surface area contributed by atoms with E-state index >= 15 is 0 Å². The van der Waals surface area contributed by atoms with Crippen LogP contribution in [-0.2, 0) is 11.3 Å². The fourth-order valence-corrected chi connectivity index (χ4v) is 2.41. The van der Waals surface area contributed by atoms with E-state index in [4.69, 9.17) is 4.42 Å². The number of furan rings is 1. The molecule has 2 aromatic heterocycles. The van der Waals surface area contributed by atoms with Crippen LogP contribution in [0.25, 0.3) is 11.4 Å². The molecule has 0 saturated heterocycles. The van der Waals surface area contributed by atoms with Gasteiger partial charge in [-0.15, -0.1) is 10.2 Å². The molecular formula is C17H19N5O2. The van der Waals surface area contributed by atoms with E-state index < -0.39 is 6.04 Å². The third-order valence-corrected chi connectivity index (χ3v) is 3.63. The van der Waals surface area contributed by atoms with Gasteiger partial charge in [0.15, 0.2) is 6.04 Å². The van der Waals surface area contributed by atoms with E-state index in [1.165, 1.54) is 4.80 Å². The summed E-state index contributed by atoms with van der Waals surface area (Å²) in [6, 6.07) is 12.6. The quantitative estimate of drug-likeness (QED) is 0.752. The third-order valence-electron chi connectivity index (χ3n) is 3.63. The Kier molecular flexibility index (Phi) is 4.69. The van der Waals surface area contributed by atoms with Crippen LogP contribution in [0.15, 0.2) is 53.1 Å². The minimum atomic E-state index is -0.537. The van der Waals surface area contributed by atoms with Crippen LogP contribution >= 0.6 is 0 Å². The Morgan fingerprint density at radius 2 is 2.00 bits per heavy atom. The molecule has 3 rings (SSSR count). The first kappa shape index (κ1) is 15.9. The number of rotatable bonds is 6. The van der Waals surface area contributed by atoms with Gasteiger partial charge in [0.25, 0.3) is 0 Å². The first-order valence-electron chi connectivity index (χ1n) is 7.80. The monoisotopic (exact) mass is 325 g/mol. The van der Waals surface area contributed by atoms with Crippen molar-refractivity contribution in [2.24, 2.45) is 5.92 Å². The highest BCUT2D eigenvalue weighted by atomic mass is 16.3. The van der Waals surface area contributed by atoms with E-state index in [9.17, 15) is 4.79 Å². The summed E-state index contributed by atoms with van der Waals surface area (Å²) in [7, 11) is 0. The Balaban J connectivity index is 1.76. The summed E-state index contributed by atoms with van der Waals surface area (Å²) < 4.78 is 5.23. The summed E-state index contributed by atoms with van der Waals surface area (Å²) in [5, 5.41) is 15.4. The molecule has 1 amide bonds. The zero-order valence-electron chi connectivity index (χ0n) is 13.6. The number of nitrogens with one attached hydrogen (secondary N) is 1. The Labute approximate surface area is 139 Å². The maximum atomic E-state index is 12.5. The molecule has 0 saturated carbocycles. The molecule has 0 radical (unpaired) electrons. The number of amides is 1. The maximum absolute atomic E-state index is 12.5. The van der Waals surface area contributed by atoms with Crippen molar-refractivity contribution in [2.75, 3.05) is 0 Å². The highest BCUT2D eigenvalue weighted by Gasteiger charge is 2.27. The average Bonchev–Trinajstić information content (AvgIpc) is 3.25. The highest BCUT2D eigenvalue weighted by Crippen LogP contribution is 2.19. The first-order chi connectivity index (χ1) is 11.6. The van der Waals surface area contributed by atoms with Gasteiger partial charge in [0, 0.05) is 5.56 Å².